The maximum Gasteiger partial charge on any atom is 0.416 e. The molecule has 4 N–H and O–H groups in total. The minimum absolute atomic E-state index is 0.00225. The first-order valence-electron chi connectivity index (χ1n) is 18.5. The van der Waals surface area contributed by atoms with Crippen molar-refractivity contribution in [2.24, 2.45) is 0 Å². The Morgan fingerprint density at radius 2 is 1.79 bits per heavy atom. The number of rotatable bonds is 10. The number of aromatic nitrogens is 2. The van der Waals surface area contributed by atoms with Gasteiger partial charge in [-0.2, -0.15) is 13.2 Å². The first-order chi connectivity index (χ1) is 27.1. The minimum atomic E-state index is -4.50. The molecular formula is C40H40F3N7O7. The Bertz CT molecular complexity index is 2310. The number of anilines is 2. The summed E-state index contributed by atoms with van der Waals surface area (Å²) in [5.74, 6) is -1.50. The Balaban J connectivity index is 1.02. The summed E-state index contributed by atoms with van der Waals surface area (Å²) in [4.78, 5) is 75.7. The number of hydrogen-bond donors (Lipinski definition) is 4. The highest BCUT2D eigenvalue weighted by molar-refractivity contribution is 6.25. The van der Waals surface area contributed by atoms with Crippen LogP contribution >= 0.6 is 0 Å². The number of fused-ring (bicyclic) bond motifs is 2. The number of imide groups is 2. The van der Waals surface area contributed by atoms with Crippen molar-refractivity contribution >= 4 is 51.9 Å². The van der Waals surface area contributed by atoms with Gasteiger partial charge in [0.2, 0.25) is 17.7 Å². The van der Waals surface area contributed by atoms with E-state index in [1.165, 1.54) is 19.2 Å². The van der Waals surface area contributed by atoms with Gasteiger partial charge >= 0.3 is 6.18 Å². The summed E-state index contributed by atoms with van der Waals surface area (Å²) < 4.78 is 46.0. The number of piperidine rings is 2. The lowest BCUT2D eigenvalue weighted by molar-refractivity contribution is -0.138. The number of amides is 5. The Morgan fingerprint density at radius 1 is 1.05 bits per heavy atom. The number of likely N-dealkylation sites (tertiary alicyclic amines) is 1. The lowest BCUT2D eigenvalue weighted by atomic mass is 9.83. The van der Waals surface area contributed by atoms with Gasteiger partial charge in [-0.05, 0) is 69.0 Å². The SMILES string of the molecule is COc1cc2nc(C)nc(N[C@H](C)c3cccc(C(F)(F)F)c3)c2cc1C1(O)CCN(C(=O)CCNc2cccc3c2C(=O)N(C2CCC(=O)NC2=O)C3=O)CC1. The normalized spacial score (nSPS) is 18.7. The molecule has 5 amide bonds. The molecule has 3 aromatic carbocycles. The maximum absolute atomic E-state index is 13.4. The fraction of sp³-hybridized carbons (Fsp3) is 0.375. The smallest absolute Gasteiger partial charge is 0.416 e. The molecule has 1 aromatic heterocycles. The van der Waals surface area contributed by atoms with Crippen molar-refractivity contribution in [1.82, 2.24) is 25.1 Å². The van der Waals surface area contributed by atoms with Crippen LogP contribution in [0.1, 0.15) is 88.3 Å². The first kappa shape index (κ1) is 39.1. The molecule has 298 valence electrons. The number of aliphatic hydroxyl groups is 1. The minimum Gasteiger partial charge on any atom is -0.496 e. The average Bonchev–Trinajstić information content (AvgIpc) is 3.43. The highest BCUT2D eigenvalue weighted by Crippen LogP contribution is 2.42. The number of methoxy groups -OCH3 is 1. The van der Waals surface area contributed by atoms with E-state index in [0.29, 0.717) is 45.1 Å². The van der Waals surface area contributed by atoms with Gasteiger partial charge in [-0.3, -0.25) is 34.2 Å². The third kappa shape index (κ3) is 7.58. The third-order valence-electron chi connectivity index (χ3n) is 10.8. The number of carbonyl (C=O) groups excluding carboxylic acids is 5. The predicted molar refractivity (Wildman–Crippen MR) is 200 cm³/mol. The van der Waals surface area contributed by atoms with Crippen LogP contribution in [0.15, 0.2) is 54.6 Å². The number of ether oxygens (including phenoxy) is 1. The summed E-state index contributed by atoms with van der Waals surface area (Å²) in [5, 5.41) is 21.0. The molecule has 0 radical (unpaired) electrons. The van der Waals surface area contributed by atoms with Crippen molar-refractivity contribution in [2.45, 2.75) is 69.8 Å². The van der Waals surface area contributed by atoms with E-state index >= 15 is 0 Å². The van der Waals surface area contributed by atoms with Crippen LogP contribution < -0.4 is 20.7 Å². The molecule has 17 heteroatoms. The molecule has 3 aliphatic rings. The number of nitrogens with one attached hydrogen (secondary N) is 3. The number of halogens is 3. The zero-order valence-electron chi connectivity index (χ0n) is 31.3. The van der Waals surface area contributed by atoms with Gasteiger partial charge in [0, 0.05) is 61.2 Å². The quantitative estimate of drug-likeness (QED) is 0.161. The van der Waals surface area contributed by atoms with E-state index in [0.717, 1.165) is 17.0 Å². The van der Waals surface area contributed by atoms with Crippen molar-refractivity contribution in [3.63, 3.8) is 0 Å². The van der Waals surface area contributed by atoms with Crippen LogP contribution in [0.25, 0.3) is 10.9 Å². The van der Waals surface area contributed by atoms with Gasteiger partial charge in [-0.1, -0.05) is 18.2 Å². The highest BCUT2D eigenvalue weighted by atomic mass is 19.4. The Morgan fingerprint density at radius 3 is 2.49 bits per heavy atom. The van der Waals surface area contributed by atoms with Crippen molar-refractivity contribution in [3.8, 4) is 5.75 Å². The van der Waals surface area contributed by atoms with Crippen molar-refractivity contribution in [2.75, 3.05) is 37.4 Å². The summed E-state index contributed by atoms with van der Waals surface area (Å²) in [7, 11) is 1.47. The van der Waals surface area contributed by atoms with Gasteiger partial charge < -0.3 is 25.4 Å². The Hall–Kier alpha value is -6.10. The standard InChI is InChI=1S/C40H40F3N7O7/c1-21(23-6-4-7-24(18-23)40(41,42)43)45-35-26-19-27(31(57-3)20-29(26)46-22(2)47-35)39(56)13-16-49(17-14-39)33(52)12-15-44-28-9-5-8-25-34(28)38(55)50(37(25)54)30-10-11-32(51)48-36(30)53/h4-9,18-21,30,44,56H,10-17H2,1-3H3,(H,45,46,47)(H,48,51,53)/t21-,30?/m1/s1. The predicted octanol–water partition coefficient (Wildman–Crippen LogP) is 4.85. The molecule has 57 heavy (non-hydrogen) atoms. The first-order valence-corrected chi connectivity index (χ1v) is 18.5. The molecular weight excluding hydrogens is 747 g/mol. The van der Waals surface area contributed by atoms with E-state index in [-0.39, 0.29) is 68.8 Å². The van der Waals surface area contributed by atoms with Crippen LogP contribution in [0.3, 0.4) is 0 Å². The van der Waals surface area contributed by atoms with Crippen molar-refractivity contribution in [1.29, 1.82) is 0 Å². The van der Waals surface area contributed by atoms with E-state index in [1.807, 2.05) is 0 Å². The molecule has 2 atom stereocenters. The summed E-state index contributed by atoms with van der Waals surface area (Å²) in [6.07, 6.45) is -4.08. The number of nitrogens with zero attached hydrogens (tertiary/aromatic N) is 4. The molecule has 1 unspecified atom stereocenters. The number of alkyl halides is 3. The molecule has 4 aromatic rings. The zero-order valence-corrected chi connectivity index (χ0v) is 31.3. The molecule has 0 saturated carbocycles. The summed E-state index contributed by atoms with van der Waals surface area (Å²) in [6.45, 7) is 3.98. The topological polar surface area (TPSA) is 183 Å². The van der Waals surface area contributed by atoms with E-state index in [9.17, 15) is 42.3 Å². The zero-order chi connectivity index (χ0) is 40.8. The lowest BCUT2D eigenvalue weighted by Gasteiger charge is -2.39. The second-order valence-electron chi connectivity index (χ2n) is 14.4. The van der Waals surface area contributed by atoms with Crippen LogP contribution in [0.5, 0.6) is 5.75 Å². The van der Waals surface area contributed by atoms with Crippen molar-refractivity contribution < 1.29 is 47.0 Å². The second-order valence-corrected chi connectivity index (χ2v) is 14.4. The molecule has 4 heterocycles. The third-order valence-corrected chi connectivity index (χ3v) is 10.8. The average molecular weight is 788 g/mol. The largest absolute Gasteiger partial charge is 0.496 e. The molecule has 7 rings (SSSR count). The second kappa shape index (κ2) is 15.1. The summed E-state index contributed by atoms with van der Waals surface area (Å²) in [5.41, 5.74) is -0.257. The van der Waals surface area contributed by atoms with Crippen LogP contribution in [0.2, 0.25) is 0 Å². The van der Waals surface area contributed by atoms with Gasteiger partial charge in [0.25, 0.3) is 11.8 Å². The fourth-order valence-electron chi connectivity index (χ4n) is 7.71. The van der Waals surface area contributed by atoms with Gasteiger partial charge in [0.05, 0.1) is 34.9 Å². The Labute approximate surface area is 324 Å². The van der Waals surface area contributed by atoms with Crippen LogP contribution in [-0.4, -0.2) is 87.2 Å². The van der Waals surface area contributed by atoms with E-state index in [1.54, 1.807) is 49.1 Å². The molecule has 14 nitrogen and oxygen atoms in total. The lowest BCUT2D eigenvalue weighted by Crippen LogP contribution is -2.54. The molecule has 2 saturated heterocycles. The van der Waals surface area contributed by atoms with Gasteiger partial charge in [-0.25, -0.2) is 9.97 Å². The molecule has 0 aliphatic carbocycles. The van der Waals surface area contributed by atoms with Crippen LogP contribution in [0.4, 0.5) is 24.7 Å². The van der Waals surface area contributed by atoms with Crippen molar-refractivity contribution in [3.05, 3.63) is 88.2 Å². The van der Waals surface area contributed by atoms with Gasteiger partial charge in [0.15, 0.2) is 0 Å². The molecule has 2 fully saturated rings. The molecule has 3 aliphatic heterocycles. The van der Waals surface area contributed by atoms with Crippen LogP contribution in [0, 0.1) is 6.92 Å². The Kier molecular flexibility index (Phi) is 10.4. The number of aryl methyl sites for hydroxylation is 1. The molecule has 0 bridgehead atoms. The van der Waals surface area contributed by atoms with Gasteiger partial charge in [-0.15, -0.1) is 0 Å². The van der Waals surface area contributed by atoms with Crippen LogP contribution in [-0.2, 0) is 26.2 Å². The number of hydrogen-bond acceptors (Lipinski definition) is 11. The highest BCUT2D eigenvalue weighted by Gasteiger charge is 2.46. The monoisotopic (exact) mass is 787 g/mol. The summed E-state index contributed by atoms with van der Waals surface area (Å²) in [6, 6.07) is 11.5. The van der Waals surface area contributed by atoms with E-state index < -0.39 is 53.1 Å². The number of carbonyl (C=O) groups is 5. The van der Waals surface area contributed by atoms with E-state index in [4.69, 9.17) is 4.74 Å². The van der Waals surface area contributed by atoms with Gasteiger partial charge in [0.1, 0.15) is 23.4 Å². The maximum atomic E-state index is 13.4. The summed E-state index contributed by atoms with van der Waals surface area (Å²) >= 11 is 0. The van der Waals surface area contributed by atoms with E-state index in [2.05, 4.69) is 25.9 Å². The molecule has 0 spiro atoms. The fourth-order valence-corrected chi connectivity index (χ4v) is 7.71. The number of benzene rings is 3.